The van der Waals surface area contributed by atoms with Crippen molar-refractivity contribution in [1.29, 1.82) is 0 Å². The summed E-state index contributed by atoms with van der Waals surface area (Å²) in [6, 6.07) is 9.42. The van der Waals surface area contributed by atoms with Crippen LogP contribution in [0.15, 0.2) is 36.5 Å². The van der Waals surface area contributed by atoms with Crippen LogP contribution in [-0.2, 0) is 19.4 Å². The van der Waals surface area contributed by atoms with Crippen LogP contribution in [0.25, 0.3) is 5.00 Å². The molecule has 162 valence electrons. The monoisotopic (exact) mass is 437 g/mol. The third-order valence-corrected chi connectivity index (χ3v) is 7.73. The summed E-state index contributed by atoms with van der Waals surface area (Å²) in [5.74, 6) is 1.26. The average Bonchev–Trinajstić information content (AvgIpc) is 3.39. The fourth-order valence-electron chi connectivity index (χ4n) is 4.70. The molecule has 1 atom stereocenters. The molecule has 2 aliphatic rings. The Bertz CT molecular complexity index is 1130. The molecule has 0 saturated carbocycles. The number of anilines is 1. The number of amides is 2. The minimum atomic E-state index is -0.132. The smallest absolute Gasteiger partial charge is 0.322 e. The molecular weight excluding hydrogens is 410 g/mol. The molecule has 0 unspecified atom stereocenters. The number of aromatic nitrogens is 1. The van der Waals surface area contributed by atoms with Crippen LogP contribution in [0.3, 0.4) is 0 Å². The number of nitrogens with one attached hydrogen (secondary N) is 1. The van der Waals surface area contributed by atoms with E-state index >= 15 is 0 Å². The Morgan fingerprint density at radius 3 is 2.77 bits per heavy atom. The van der Waals surface area contributed by atoms with Gasteiger partial charge in [0.15, 0.2) is 0 Å². The Kier molecular flexibility index (Phi) is 5.14. The first-order chi connectivity index (χ1) is 15.1. The molecule has 0 spiro atoms. The number of rotatable bonds is 3. The first kappa shape index (κ1) is 20.0. The zero-order valence-electron chi connectivity index (χ0n) is 18.1. The van der Waals surface area contributed by atoms with Crippen molar-refractivity contribution in [2.45, 2.75) is 45.2 Å². The van der Waals surface area contributed by atoms with E-state index in [9.17, 15) is 4.79 Å². The molecule has 3 heterocycles. The largest absolute Gasteiger partial charge is 0.497 e. The molecule has 0 fully saturated rings. The second-order valence-corrected chi connectivity index (χ2v) is 9.18. The Morgan fingerprint density at radius 1 is 1.13 bits per heavy atom. The van der Waals surface area contributed by atoms with Crippen molar-refractivity contribution >= 4 is 23.1 Å². The number of hydrogen-bond acceptors (Lipinski definition) is 4. The van der Waals surface area contributed by atoms with Gasteiger partial charge < -0.3 is 24.3 Å². The Balaban J connectivity index is 1.51. The van der Waals surface area contributed by atoms with Gasteiger partial charge in [0, 0.05) is 28.4 Å². The minimum absolute atomic E-state index is 0.0573. The fourth-order valence-corrected chi connectivity index (χ4v) is 6.10. The molecule has 5 rings (SSSR count). The number of urea groups is 1. The molecule has 31 heavy (non-hydrogen) atoms. The summed E-state index contributed by atoms with van der Waals surface area (Å²) in [5, 5.41) is 4.34. The molecule has 6 nitrogen and oxygen atoms in total. The maximum Gasteiger partial charge on any atom is 0.322 e. The summed E-state index contributed by atoms with van der Waals surface area (Å²) in [4.78, 5) is 16.9. The van der Waals surface area contributed by atoms with Crippen LogP contribution in [0.1, 0.15) is 47.5 Å². The van der Waals surface area contributed by atoms with E-state index in [-0.39, 0.29) is 12.1 Å². The summed E-state index contributed by atoms with van der Waals surface area (Å²) in [5.41, 5.74) is 4.53. The maximum absolute atomic E-state index is 13.5. The number of fused-ring (bicyclic) bond motifs is 5. The van der Waals surface area contributed by atoms with Gasteiger partial charge in [0.05, 0.1) is 32.5 Å². The fraction of sp³-hybridized carbons (Fsp3) is 0.375. The van der Waals surface area contributed by atoms with Crippen LogP contribution in [0.4, 0.5) is 10.5 Å². The molecule has 1 aromatic carbocycles. The molecule has 1 aliphatic carbocycles. The van der Waals surface area contributed by atoms with Gasteiger partial charge >= 0.3 is 6.03 Å². The van der Waals surface area contributed by atoms with E-state index in [1.165, 1.54) is 33.8 Å². The summed E-state index contributed by atoms with van der Waals surface area (Å²) >= 11 is 1.90. The van der Waals surface area contributed by atoms with Crippen LogP contribution in [0, 0.1) is 0 Å². The number of hydrogen-bond donors (Lipinski definition) is 1. The zero-order valence-corrected chi connectivity index (χ0v) is 18.9. The van der Waals surface area contributed by atoms with Crippen molar-refractivity contribution in [3.8, 4) is 16.5 Å². The van der Waals surface area contributed by atoms with E-state index in [1.54, 1.807) is 20.3 Å². The van der Waals surface area contributed by atoms with Crippen LogP contribution < -0.4 is 14.8 Å². The van der Waals surface area contributed by atoms with Gasteiger partial charge in [-0.1, -0.05) is 0 Å². The quantitative estimate of drug-likeness (QED) is 0.585. The number of carbonyl (C=O) groups is 1. The molecule has 3 aromatic rings. The predicted molar refractivity (Wildman–Crippen MR) is 123 cm³/mol. The SMILES string of the molecule is COc1ccc(NC(=O)N2Cc3c(sc4c3CCCC4)-n3cccc3[C@H]2C)c(OC)c1. The number of carbonyl (C=O) groups excluding carboxylic acids is 1. The van der Waals surface area contributed by atoms with Gasteiger partial charge in [0.25, 0.3) is 0 Å². The average molecular weight is 438 g/mol. The maximum atomic E-state index is 13.5. The first-order valence-electron chi connectivity index (χ1n) is 10.7. The van der Waals surface area contributed by atoms with E-state index in [0.29, 0.717) is 23.7 Å². The molecular formula is C24H27N3O3S. The lowest BCUT2D eigenvalue weighted by Gasteiger charge is -2.28. The molecule has 2 amide bonds. The third kappa shape index (κ3) is 3.37. The highest BCUT2D eigenvalue weighted by atomic mass is 32.1. The van der Waals surface area contributed by atoms with Gasteiger partial charge in [-0.15, -0.1) is 11.3 Å². The van der Waals surface area contributed by atoms with Crippen LogP contribution >= 0.6 is 11.3 Å². The highest BCUT2D eigenvalue weighted by Crippen LogP contribution is 2.42. The van der Waals surface area contributed by atoms with Gasteiger partial charge in [-0.25, -0.2) is 4.79 Å². The number of nitrogens with zero attached hydrogens (tertiary/aromatic N) is 2. The summed E-state index contributed by atoms with van der Waals surface area (Å²) in [7, 11) is 3.20. The topological polar surface area (TPSA) is 55.7 Å². The number of aryl methyl sites for hydroxylation is 1. The van der Waals surface area contributed by atoms with Crippen molar-refractivity contribution in [1.82, 2.24) is 9.47 Å². The van der Waals surface area contributed by atoms with Crippen LogP contribution in [-0.4, -0.2) is 29.7 Å². The lowest BCUT2D eigenvalue weighted by atomic mass is 9.95. The normalized spacial score (nSPS) is 17.3. The van der Waals surface area contributed by atoms with E-state index < -0.39 is 0 Å². The molecule has 1 N–H and O–H groups in total. The Morgan fingerprint density at radius 2 is 1.97 bits per heavy atom. The van der Waals surface area contributed by atoms with E-state index in [4.69, 9.17) is 9.47 Å². The third-order valence-electron chi connectivity index (χ3n) is 6.39. The van der Waals surface area contributed by atoms with Crippen molar-refractivity contribution in [3.05, 3.63) is 58.2 Å². The molecule has 1 aliphatic heterocycles. The van der Waals surface area contributed by atoms with Gasteiger partial charge in [-0.05, 0) is 62.4 Å². The number of thiophene rings is 1. The van der Waals surface area contributed by atoms with E-state index in [2.05, 4.69) is 35.1 Å². The minimum Gasteiger partial charge on any atom is -0.497 e. The lowest BCUT2D eigenvalue weighted by molar-refractivity contribution is 0.189. The molecule has 2 aromatic heterocycles. The van der Waals surface area contributed by atoms with Gasteiger partial charge in [-0.2, -0.15) is 0 Å². The summed E-state index contributed by atoms with van der Waals surface area (Å²) in [6.07, 6.45) is 6.85. The predicted octanol–water partition coefficient (Wildman–Crippen LogP) is 5.54. The Hall–Kier alpha value is -2.93. The van der Waals surface area contributed by atoms with E-state index in [0.717, 1.165) is 18.5 Å². The van der Waals surface area contributed by atoms with Crippen molar-refractivity contribution in [3.63, 3.8) is 0 Å². The lowest BCUT2D eigenvalue weighted by Crippen LogP contribution is -2.36. The summed E-state index contributed by atoms with van der Waals surface area (Å²) < 4.78 is 13.0. The van der Waals surface area contributed by atoms with Crippen molar-refractivity contribution in [2.24, 2.45) is 0 Å². The van der Waals surface area contributed by atoms with Gasteiger partial charge in [-0.3, -0.25) is 0 Å². The van der Waals surface area contributed by atoms with Gasteiger partial charge in [0.2, 0.25) is 0 Å². The van der Waals surface area contributed by atoms with E-state index in [1.807, 2.05) is 28.4 Å². The number of benzene rings is 1. The highest BCUT2D eigenvalue weighted by Gasteiger charge is 2.33. The van der Waals surface area contributed by atoms with Crippen LogP contribution in [0.2, 0.25) is 0 Å². The second-order valence-electron chi connectivity index (χ2n) is 8.10. The molecule has 0 bridgehead atoms. The standard InChI is InChI=1S/C24H27N3O3S/c1-15-20-8-6-12-26(20)23-18(17-7-4-5-9-22(17)31-23)14-27(15)24(28)25-19-11-10-16(29-2)13-21(19)30-3/h6,8,10-13,15H,4-5,7,9,14H2,1-3H3,(H,25,28)/t15-/m1/s1. The molecule has 7 heteroatoms. The molecule has 0 radical (unpaired) electrons. The first-order valence-corrected chi connectivity index (χ1v) is 11.5. The van der Waals surface area contributed by atoms with Crippen LogP contribution in [0.5, 0.6) is 11.5 Å². The highest BCUT2D eigenvalue weighted by molar-refractivity contribution is 7.15. The molecule has 0 saturated heterocycles. The van der Waals surface area contributed by atoms with Crippen molar-refractivity contribution < 1.29 is 14.3 Å². The Labute approximate surface area is 186 Å². The number of methoxy groups -OCH3 is 2. The number of ether oxygens (including phenoxy) is 2. The summed E-state index contributed by atoms with van der Waals surface area (Å²) in [6.45, 7) is 2.70. The second kappa shape index (κ2) is 7.96. The van der Waals surface area contributed by atoms with Gasteiger partial charge in [0.1, 0.15) is 16.5 Å². The zero-order chi connectivity index (χ0) is 21.5. The van der Waals surface area contributed by atoms with Crippen molar-refractivity contribution in [2.75, 3.05) is 19.5 Å².